The molecule has 0 aromatic carbocycles. The Hall–Kier alpha value is -1.12. The molecule has 2 heteroatoms. The average molecular weight is 359 g/mol. The van der Waals surface area contributed by atoms with E-state index in [2.05, 4.69) is 36.5 Å². The molecule has 0 atom stereocenters. The highest BCUT2D eigenvalue weighted by Crippen LogP contribution is 2.39. The maximum Gasteiger partial charge on any atom is 0.0654 e. The molecule has 146 valence electrons. The highest BCUT2D eigenvalue weighted by Gasteiger charge is 2.31. The minimum absolute atomic E-state index is 0.477. The molecule has 2 aliphatic rings. The van der Waals surface area contributed by atoms with Crippen LogP contribution in [0.5, 0.6) is 0 Å². The van der Waals surface area contributed by atoms with Crippen molar-refractivity contribution in [1.29, 1.82) is 0 Å². The molecule has 0 saturated heterocycles. The number of hydrogen-bond acceptors (Lipinski definition) is 2. The fourth-order valence-corrected chi connectivity index (χ4v) is 4.33. The molecule has 2 nitrogen and oxygen atoms in total. The zero-order chi connectivity index (χ0) is 18.5. The van der Waals surface area contributed by atoms with Crippen LogP contribution in [0.3, 0.4) is 0 Å². The summed E-state index contributed by atoms with van der Waals surface area (Å²) in [6, 6.07) is 0. The maximum absolute atomic E-state index is 6.00. The fraction of sp³-hybridized carbons (Fsp3) is 0.667. The van der Waals surface area contributed by atoms with Gasteiger partial charge in [-0.05, 0) is 77.0 Å². The van der Waals surface area contributed by atoms with Crippen molar-refractivity contribution in [1.82, 2.24) is 0 Å². The van der Waals surface area contributed by atoms with Crippen molar-refractivity contribution in [2.24, 2.45) is 11.8 Å². The Morgan fingerprint density at radius 2 is 0.962 bits per heavy atom. The summed E-state index contributed by atoms with van der Waals surface area (Å²) in [7, 11) is 0. The summed E-state index contributed by atoms with van der Waals surface area (Å²) in [5, 5.41) is 0. The molecule has 0 bridgehead atoms. The predicted octanol–water partition coefficient (Wildman–Crippen LogP) is 6.40. The Labute approximate surface area is 161 Å². The summed E-state index contributed by atoms with van der Waals surface area (Å²) in [6.45, 7) is 5.58. The van der Waals surface area contributed by atoms with Crippen LogP contribution in [0.25, 0.3) is 0 Å². The van der Waals surface area contributed by atoms with Crippen molar-refractivity contribution in [2.75, 3.05) is 13.2 Å². The summed E-state index contributed by atoms with van der Waals surface area (Å²) in [5.74, 6) is 1.84. The van der Waals surface area contributed by atoms with Crippen LogP contribution in [0.1, 0.15) is 65.2 Å². The van der Waals surface area contributed by atoms with Gasteiger partial charge in [0.15, 0.2) is 0 Å². The summed E-state index contributed by atoms with van der Waals surface area (Å²) in [6.07, 6.45) is 27.9. The Kier molecular flexibility index (Phi) is 10.7. The van der Waals surface area contributed by atoms with Crippen molar-refractivity contribution in [2.45, 2.75) is 77.4 Å². The van der Waals surface area contributed by atoms with Crippen LogP contribution >= 0.6 is 0 Å². The summed E-state index contributed by atoms with van der Waals surface area (Å²) >= 11 is 0. The van der Waals surface area contributed by atoms with Crippen LogP contribution in [0.4, 0.5) is 0 Å². The normalized spacial score (nSPS) is 31.0. The van der Waals surface area contributed by atoms with Gasteiger partial charge in [0, 0.05) is 0 Å². The molecule has 0 aliphatic heterocycles. The minimum atomic E-state index is 0.477. The lowest BCUT2D eigenvalue weighted by atomic mass is 9.72. The topological polar surface area (TPSA) is 18.5 Å². The van der Waals surface area contributed by atoms with Gasteiger partial charge >= 0.3 is 0 Å². The summed E-state index contributed by atoms with van der Waals surface area (Å²) in [5.41, 5.74) is 0. The van der Waals surface area contributed by atoms with Crippen LogP contribution in [-0.2, 0) is 9.47 Å². The van der Waals surface area contributed by atoms with Crippen molar-refractivity contribution in [3.05, 3.63) is 48.6 Å². The first-order valence-electron chi connectivity index (χ1n) is 10.6. The van der Waals surface area contributed by atoms with Gasteiger partial charge < -0.3 is 9.47 Å². The van der Waals surface area contributed by atoms with E-state index < -0.39 is 0 Å². The van der Waals surface area contributed by atoms with Gasteiger partial charge in [0.25, 0.3) is 0 Å². The monoisotopic (exact) mass is 358 g/mol. The SMILES string of the molecule is C/C=C/C=C/COC1CCC([C@H]2CC[C@H](OC/C=C/C=C/C)CC2)CC1. The van der Waals surface area contributed by atoms with E-state index in [1.54, 1.807) is 0 Å². The van der Waals surface area contributed by atoms with Gasteiger partial charge in [-0.3, -0.25) is 0 Å². The number of ether oxygens (including phenoxy) is 2. The lowest BCUT2D eigenvalue weighted by Crippen LogP contribution is -2.30. The third kappa shape index (κ3) is 8.05. The van der Waals surface area contributed by atoms with Gasteiger partial charge in [0.1, 0.15) is 0 Å². The van der Waals surface area contributed by atoms with E-state index in [1.807, 2.05) is 26.0 Å². The molecule has 0 spiro atoms. The molecule has 0 aromatic heterocycles. The van der Waals surface area contributed by atoms with Crippen molar-refractivity contribution in [3.63, 3.8) is 0 Å². The second-order valence-electron chi connectivity index (χ2n) is 7.65. The van der Waals surface area contributed by atoms with Gasteiger partial charge in [-0.15, -0.1) is 0 Å². The Morgan fingerprint density at radius 3 is 1.31 bits per heavy atom. The van der Waals surface area contributed by atoms with Crippen LogP contribution in [0.2, 0.25) is 0 Å². The van der Waals surface area contributed by atoms with Gasteiger partial charge in [-0.25, -0.2) is 0 Å². The van der Waals surface area contributed by atoms with Crippen LogP contribution in [0.15, 0.2) is 48.6 Å². The largest absolute Gasteiger partial charge is 0.374 e. The number of rotatable bonds is 9. The van der Waals surface area contributed by atoms with Crippen LogP contribution in [-0.4, -0.2) is 25.4 Å². The maximum atomic E-state index is 6.00. The number of hydrogen-bond donors (Lipinski definition) is 0. The lowest BCUT2D eigenvalue weighted by Gasteiger charge is -2.37. The molecule has 2 aliphatic carbocycles. The second-order valence-corrected chi connectivity index (χ2v) is 7.65. The van der Waals surface area contributed by atoms with Crippen molar-refractivity contribution in [3.8, 4) is 0 Å². The van der Waals surface area contributed by atoms with E-state index in [9.17, 15) is 0 Å². The molecular weight excluding hydrogens is 320 g/mol. The molecule has 2 fully saturated rings. The first kappa shape index (κ1) is 21.2. The van der Waals surface area contributed by atoms with Crippen LogP contribution < -0.4 is 0 Å². The van der Waals surface area contributed by atoms with E-state index in [0.29, 0.717) is 12.2 Å². The molecule has 0 aromatic rings. The molecule has 2 rings (SSSR count). The molecule has 0 radical (unpaired) electrons. The van der Waals surface area contributed by atoms with E-state index in [4.69, 9.17) is 9.47 Å². The van der Waals surface area contributed by atoms with E-state index in [-0.39, 0.29) is 0 Å². The van der Waals surface area contributed by atoms with Gasteiger partial charge in [0.05, 0.1) is 25.4 Å². The van der Waals surface area contributed by atoms with E-state index in [0.717, 1.165) is 25.0 Å². The standard InChI is InChI=1S/C24H38O2/c1-3-5-7-9-19-25-23-15-11-21(12-16-23)22-13-17-24(18-14-22)26-20-10-8-6-4-2/h3-10,21-24H,11-20H2,1-2H3/b5-3+,6-4+,9-7+,10-8+/t21-,22?,23-,24?. The van der Waals surface area contributed by atoms with Crippen molar-refractivity contribution >= 4 is 0 Å². The fourth-order valence-electron chi connectivity index (χ4n) is 4.33. The zero-order valence-electron chi connectivity index (χ0n) is 16.8. The molecule has 0 unspecified atom stereocenters. The smallest absolute Gasteiger partial charge is 0.0654 e. The Bertz CT molecular complexity index is 415. The average Bonchev–Trinajstić information content (AvgIpc) is 2.69. The van der Waals surface area contributed by atoms with Gasteiger partial charge in [0.2, 0.25) is 0 Å². The lowest BCUT2D eigenvalue weighted by molar-refractivity contribution is 0.00196. The Balaban J connectivity index is 1.58. The van der Waals surface area contributed by atoms with Gasteiger partial charge in [-0.2, -0.15) is 0 Å². The zero-order valence-corrected chi connectivity index (χ0v) is 16.8. The van der Waals surface area contributed by atoms with E-state index in [1.165, 1.54) is 51.4 Å². The summed E-state index contributed by atoms with van der Waals surface area (Å²) < 4.78 is 12.0. The Morgan fingerprint density at radius 1 is 0.577 bits per heavy atom. The highest BCUT2D eigenvalue weighted by molar-refractivity contribution is 5.01. The predicted molar refractivity (Wildman–Crippen MR) is 111 cm³/mol. The third-order valence-electron chi connectivity index (χ3n) is 5.84. The minimum Gasteiger partial charge on any atom is -0.374 e. The third-order valence-corrected chi connectivity index (χ3v) is 5.84. The first-order chi connectivity index (χ1) is 12.8. The molecule has 0 amide bonds. The molecular formula is C24H38O2. The second kappa shape index (κ2) is 13.1. The molecule has 0 heterocycles. The quantitative estimate of drug-likeness (QED) is 0.444. The van der Waals surface area contributed by atoms with Gasteiger partial charge in [-0.1, -0.05) is 48.6 Å². The van der Waals surface area contributed by atoms with E-state index >= 15 is 0 Å². The molecule has 0 N–H and O–H groups in total. The van der Waals surface area contributed by atoms with Crippen molar-refractivity contribution < 1.29 is 9.47 Å². The summed E-state index contributed by atoms with van der Waals surface area (Å²) in [4.78, 5) is 0. The first-order valence-corrected chi connectivity index (χ1v) is 10.6. The highest BCUT2D eigenvalue weighted by atomic mass is 16.5. The van der Waals surface area contributed by atoms with Crippen LogP contribution in [0, 0.1) is 11.8 Å². The number of allylic oxidation sites excluding steroid dienone is 6. The molecule has 26 heavy (non-hydrogen) atoms. The molecule has 2 saturated carbocycles.